The zero-order valence-corrected chi connectivity index (χ0v) is 12.4. The van der Waals surface area contributed by atoms with Crippen LogP contribution >= 0.6 is 0 Å². The van der Waals surface area contributed by atoms with E-state index in [1.807, 2.05) is 0 Å². The van der Waals surface area contributed by atoms with E-state index in [0.29, 0.717) is 6.04 Å². The third kappa shape index (κ3) is 2.11. The monoisotopic (exact) mass is 271 g/mol. The molecule has 108 valence electrons. The zero-order valence-electron chi connectivity index (χ0n) is 12.4. The number of hydrogen-bond acceptors (Lipinski definition) is 3. The number of aryl methyl sites for hydroxylation is 1. The molecule has 0 amide bonds. The Bertz CT molecular complexity index is 499. The van der Waals surface area contributed by atoms with Gasteiger partial charge in [-0.2, -0.15) is 0 Å². The van der Waals surface area contributed by atoms with Crippen LogP contribution in [0.4, 0.5) is 5.82 Å². The van der Waals surface area contributed by atoms with E-state index >= 15 is 0 Å². The topological polar surface area (TPSA) is 37.8 Å². The highest BCUT2D eigenvalue weighted by molar-refractivity contribution is 5.47. The van der Waals surface area contributed by atoms with Gasteiger partial charge in [-0.25, -0.2) is 9.97 Å². The summed E-state index contributed by atoms with van der Waals surface area (Å²) < 4.78 is 0. The van der Waals surface area contributed by atoms with Crippen molar-refractivity contribution in [2.75, 3.05) is 5.32 Å². The van der Waals surface area contributed by atoms with Crippen LogP contribution in [-0.2, 0) is 12.8 Å². The van der Waals surface area contributed by atoms with Gasteiger partial charge in [0.05, 0.1) is 0 Å². The lowest BCUT2D eigenvalue weighted by atomic mass is 9.84. The summed E-state index contributed by atoms with van der Waals surface area (Å²) in [5.74, 6) is 3.99. The van der Waals surface area contributed by atoms with Gasteiger partial charge in [0.15, 0.2) is 0 Å². The molecule has 4 rings (SSSR count). The molecule has 2 fully saturated rings. The smallest absolute Gasteiger partial charge is 0.133 e. The van der Waals surface area contributed by atoms with Crippen molar-refractivity contribution in [1.29, 1.82) is 0 Å². The first-order valence-electron chi connectivity index (χ1n) is 8.40. The molecule has 1 aromatic heterocycles. The van der Waals surface area contributed by atoms with E-state index in [4.69, 9.17) is 0 Å². The van der Waals surface area contributed by atoms with Crippen LogP contribution in [0.5, 0.6) is 0 Å². The lowest BCUT2D eigenvalue weighted by Crippen LogP contribution is -2.31. The Balaban J connectivity index is 1.51. The summed E-state index contributed by atoms with van der Waals surface area (Å²) in [5.41, 5.74) is 2.68. The maximum Gasteiger partial charge on any atom is 0.133 e. The molecule has 0 aromatic carbocycles. The van der Waals surface area contributed by atoms with Crippen molar-refractivity contribution in [3.63, 3.8) is 0 Å². The molecule has 1 aromatic rings. The van der Waals surface area contributed by atoms with E-state index in [2.05, 4.69) is 22.2 Å². The van der Waals surface area contributed by atoms with E-state index in [9.17, 15) is 0 Å². The molecule has 20 heavy (non-hydrogen) atoms. The van der Waals surface area contributed by atoms with Crippen molar-refractivity contribution in [3.8, 4) is 0 Å². The van der Waals surface area contributed by atoms with Crippen LogP contribution in [0.2, 0.25) is 0 Å². The fraction of sp³-hybridized carbons (Fsp3) is 0.765. The summed E-state index contributed by atoms with van der Waals surface area (Å²) in [5, 5.41) is 3.75. The first kappa shape index (κ1) is 12.6. The number of fused-ring (bicyclic) bond motifs is 3. The molecule has 2 saturated carbocycles. The van der Waals surface area contributed by atoms with Gasteiger partial charge in [-0.3, -0.25) is 0 Å². The standard InChI is InChI=1S/C17H25N3/c1-11(15-9-12-6-7-13(15)8-12)20-17-14-4-2-3-5-16(14)18-10-19-17/h10-13,15H,2-9H2,1H3,(H,18,19,20). The molecule has 1 heterocycles. The van der Waals surface area contributed by atoms with Crippen molar-refractivity contribution in [1.82, 2.24) is 9.97 Å². The van der Waals surface area contributed by atoms with Crippen molar-refractivity contribution in [3.05, 3.63) is 17.6 Å². The second-order valence-corrected chi connectivity index (χ2v) is 7.13. The summed E-state index contributed by atoms with van der Waals surface area (Å²) in [6.45, 7) is 2.36. The average Bonchev–Trinajstić information content (AvgIpc) is 3.10. The lowest BCUT2D eigenvalue weighted by Gasteiger charge is -2.30. The number of nitrogens with one attached hydrogen (secondary N) is 1. The Morgan fingerprint density at radius 2 is 2.05 bits per heavy atom. The second-order valence-electron chi connectivity index (χ2n) is 7.13. The third-order valence-electron chi connectivity index (χ3n) is 5.92. The third-order valence-corrected chi connectivity index (χ3v) is 5.92. The normalized spacial score (nSPS) is 33.0. The van der Waals surface area contributed by atoms with Gasteiger partial charge >= 0.3 is 0 Å². The van der Waals surface area contributed by atoms with Crippen molar-refractivity contribution in [2.24, 2.45) is 17.8 Å². The minimum absolute atomic E-state index is 0.561. The summed E-state index contributed by atoms with van der Waals surface area (Å²) >= 11 is 0. The highest BCUT2D eigenvalue weighted by Crippen LogP contribution is 2.49. The molecule has 0 saturated heterocycles. The van der Waals surface area contributed by atoms with Crippen LogP contribution in [0.3, 0.4) is 0 Å². The minimum Gasteiger partial charge on any atom is -0.367 e. The van der Waals surface area contributed by atoms with Gasteiger partial charge in [0.2, 0.25) is 0 Å². The number of hydrogen-bond donors (Lipinski definition) is 1. The molecular formula is C17H25N3. The van der Waals surface area contributed by atoms with Crippen LogP contribution < -0.4 is 5.32 Å². The Morgan fingerprint density at radius 3 is 2.85 bits per heavy atom. The summed E-state index contributed by atoms with van der Waals surface area (Å²) in [4.78, 5) is 9.02. The Hall–Kier alpha value is -1.12. The predicted molar refractivity (Wildman–Crippen MR) is 80.7 cm³/mol. The zero-order chi connectivity index (χ0) is 13.5. The molecule has 0 radical (unpaired) electrons. The Labute approximate surface area is 121 Å². The molecule has 0 aliphatic heterocycles. The molecular weight excluding hydrogens is 246 g/mol. The highest BCUT2D eigenvalue weighted by atomic mass is 15.0. The molecule has 3 nitrogen and oxygen atoms in total. The Kier molecular flexibility index (Phi) is 3.16. The van der Waals surface area contributed by atoms with Gasteiger partial charge < -0.3 is 5.32 Å². The molecule has 0 spiro atoms. The molecule has 4 atom stereocenters. The van der Waals surface area contributed by atoms with Crippen molar-refractivity contribution in [2.45, 2.75) is 64.3 Å². The van der Waals surface area contributed by atoms with Crippen molar-refractivity contribution >= 4 is 5.82 Å². The van der Waals surface area contributed by atoms with E-state index in [1.54, 1.807) is 6.33 Å². The van der Waals surface area contributed by atoms with Gasteiger partial charge in [-0.1, -0.05) is 6.42 Å². The van der Waals surface area contributed by atoms with Gasteiger partial charge in [0.25, 0.3) is 0 Å². The maximum absolute atomic E-state index is 4.54. The molecule has 2 bridgehead atoms. The molecule has 3 aliphatic carbocycles. The quantitative estimate of drug-likeness (QED) is 0.913. The molecule has 3 heteroatoms. The van der Waals surface area contributed by atoms with Crippen LogP contribution in [-0.4, -0.2) is 16.0 Å². The molecule has 1 N–H and O–H groups in total. The summed E-state index contributed by atoms with van der Waals surface area (Å²) in [7, 11) is 0. The fourth-order valence-electron chi connectivity index (χ4n) is 4.87. The molecule has 3 aliphatic rings. The van der Waals surface area contributed by atoms with Crippen LogP contribution in [0.1, 0.15) is 56.7 Å². The highest BCUT2D eigenvalue weighted by Gasteiger charge is 2.42. The maximum atomic E-state index is 4.54. The van der Waals surface area contributed by atoms with Gasteiger partial charge in [-0.15, -0.1) is 0 Å². The van der Waals surface area contributed by atoms with Crippen LogP contribution in [0.25, 0.3) is 0 Å². The largest absolute Gasteiger partial charge is 0.367 e. The van der Waals surface area contributed by atoms with Gasteiger partial charge in [0.1, 0.15) is 12.1 Å². The van der Waals surface area contributed by atoms with E-state index < -0.39 is 0 Å². The number of anilines is 1. The predicted octanol–water partition coefficient (Wildman–Crippen LogP) is 3.59. The van der Waals surface area contributed by atoms with E-state index in [-0.39, 0.29) is 0 Å². The van der Waals surface area contributed by atoms with Crippen LogP contribution in [0.15, 0.2) is 6.33 Å². The number of nitrogens with zero attached hydrogens (tertiary/aromatic N) is 2. The average molecular weight is 271 g/mol. The number of rotatable bonds is 3. The van der Waals surface area contributed by atoms with Gasteiger partial charge in [0, 0.05) is 17.3 Å². The summed E-state index contributed by atoms with van der Waals surface area (Å²) in [6.07, 6.45) is 12.5. The lowest BCUT2D eigenvalue weighted by molar-refractivity contribution is 0.303. The fourth-order valence-corrected chi connectivity index (χ4v) is 4.87. The SMILES string of the molecule is CC(Nc1ncnc2c1CCCC2)C1CC2CCC1C2. The summed E-state index contributed by atoms with van der Waals surface area (Å²) in [6, 6.07) is 0.561. The first-order valence-corrected chi connectivity index (χ1v) is 8.40. The van der Waals surface area contributed by atoms with E-state index in [1.165, 1.54) is 49.8 Å². The van der Waals surface area contributed by atoms with Gasteiger partial charge in [-0.05, 0) is 69.6 Å². The van der Waals surface area contributed by atoms with E-state index in [0.717, 1.165) is 36.4 Å². The minimum atomic E-state index is 0.561. The molecule has 4 unspecified atom stereocenters. The second kappa shape index (κ2) is 5.01. The Morgan fingerprint density at radius 1 is 1.15 bits per heavy atom. The van der Waals surface area contributed by atoms with Crippen molar-refractivity contribution < 1.29 is 0 Å². The van der Waals surface area contributed by atoms with Crippen LogP contribution in [0, 0.1) is 17.8 Å². The first-order chi connectivity index (χ1) is 9.81. The number of aromatic nitrogens is 2.